The lowest BCUT2D eigenvalue weighted by molar-refractivity contribution is 0.263. The topological polar surface area (TPSA) is 66.4 Å². The molecule has 1 rings (SSSR count). The van der Waals surface area contributed by atoms with Gasteiger partial charge < -0.3 is 5.11 Å². The Morgan fingerprint density at radius 3 is 2.21 bits per heavy atom. The molecule has 0 aromatic heterocycles. The van der Waals surface area contributed by atoms with Gasteiger partial charge in [-0.1, -0.05) is 24.6 Å². The van der Waals surface area contributed by atoms with Gasteiger partial charge in [0.05, 0.1) is 4.90 Å². The highest BCUT2D eigenvalue weighted by atomic mass is 32.2. The van der Waals surface area contributed by atoms with Crippen LogP contribution >= 0.6 is 0 Å². The summed E-state index contributed by atoms with van der Waals surface area (Å²) >= 11 is 0. The molecule has 0 spiro atoms. The maximum Gasteiger partial charge on any atom is 0.241 e. The van der Waals surface area contributed by atoms with E-state index >= 15 is 0 Å². The van der Waals surface area contributed by atoms with Crippen molar-refractivity contribution in [1.82, 2.24) is 4.72 Å². The molecule has 0 aliphatic carbocycles. The lowest BCUT2D eigenvalue weighted by Crippen LogP contribution is -2.30. The first-order chi connectivity index (χ1) is 8.77. The van der Waals surface area contributed by atoms with Crippen molar-refractivity contribution in [2.45, 2.75) is 39.0 Å². The van der Waals surface area contributed by atoms with Crippen LogP contribution in [0.3, 0.4) is 0 Å². The molecule has 0 bridgehead atoms. The van der Waals surface area contributed by atoms with Gasteiger partial charge in [-0.25, -0.2) is 13.1 Å². The molecule has 0 saturated heterocycles. The Balaban J connectivity index is 2.95. The van der Waals surface area contributed by atoms with Gasteiger partial charge in [0.2, 0.25) is 10.0 Å². The van der Waals surface area contributed by atoms with Gasteiger partial charge in [0.1, 0.15) is 0 Å². The van der Waals surface area contributed by atoms with E-state index < -0.39 is 10.0 Å². The number of nitrogens with one attached hydrogen (secondary N) is 1. The summed E-state index contributed by atoms with van der Waals surface area (Å²) in [6.45, 7) is 7.90. The van der Waals surface area contributed by atoms with Gasteiger partial charge in [0.25, 0.3) is 0 Å². The molecule has 0 amide bonds. The summed E-state index contributed by atoms with van der Waals surface area (Å²) < 4.78 is 27.3. The van der Waals surface area contributed by atoms with E-state index in [0.29, 0.717) is 17.9 Å². The molecule has 1 atom stereocenters. The molecule has 1 unspecified atom stereocenters. The third kappa shape index (κ3) is 4.30. The second-order valence-electron chi connectivity index (χ2n) is 5.20. The van der Waals surface area contributed by atoms with Crippen LogP contribution in [0.2, 0.25) is 0 Å². The molecule has 5 heteroatoms. The summed E-state index contributed by atoms with van der Waals surface area (Å²) in [7, 11) is -3.48. The maximum absolute atomic E-state index is 12.3. The summed E-state index contributed by atoms with van der Waals surface area (Å²) in [6, 6.07) is 3.75. The number of aryl methyl sites for hydroxylation is 3. The van der Waals surface area contributed by atoms with Crippen molar-refractivity contribution >= 4 is 10.0 Å². The first-order valence-corrected chi connectivity index (χ1v) is 7.94. The van der Waals surface area contributed by atoms with E-state index in [-0.39, 0.29) is 12.5 Å². The number of hydrogen-bond acceptors (Lipinski definition) is 3. The van der Waals surface area contributed by atoms with E-state index in [2.05, 4.69) is 4.72 Å². The summed E-state index contributed by atoms with van der Waals surface area (Å²) in [6.07, 6.45) is 0.592. The van der Waals surface area contributed by atoms with Crippen LogP contribution < -0.4 is 4.72 Å². The van der Waals surface area contributed by atoms with Gasteiger partial charge in [0, 0.05) is 13.2 Å². The molecule has 2 N–H and O–H groups in total. The third-order valence-corrected chi connectivity index (χ3v) is 4.85. The van der Waals surface area contributed by atoms with Gasteiger partial charge in [-0.2, -0.15) is 0 Å². The average molecular weight is 285 g/mol. The van der Waals surface area contributed by atoms with E-state index in [1.807, 2.05) is 39.8 Å². The zero-order chi connectivity index (χ0) is 14.6. The molecule has 0 fully saturated rings. The van der Waals surface area contributed by atoms with Gasteiger partial charge in [0.15, 0.2) is 0 Å². The largest absolute Gasteiger partial charge is 0.396 e. The number of sulfonamides is 1. The van der Waals surface area contributed by atoms with Crippen LogP contribution in [0.25, 0.3) is 0 Å². The molecular weight excluding hydrogens is 262 g/mol. The van der Waals surface area contributed by atoms with E-state index in [1.165, 1.54) is 0 Å². The predicted octanol–water partition coefficient (Wildman–Crippen LogP) is 1.91. The first kappa shape index (κ1) is 16.1. The molecule has 0 saturated carbocycles. The second-order valence-corrected chi connectivity index (χ2v) is 6.90. The fraction of sp³-hybridized carbons (Fsp3) is 0.571. The van der Waals surface area contributed by atoms with E-state index in [9.17, 15) is 8.42 Å². The summed E-state index contributed by atoms with van der Waals surface area (Å²) in [4.78, 5) is 0.370. The Morgan fingerprint density at radius 1 is 1.21 bits per heavy atom. The number of benzene rings is 1. The van der Waals surface area contributed by atoms with E-state index in [4.69, 9.17) is 5.11 Å². The van der Waals surface area contributed by atoms with E-state index in [1.54, 1.807) is 0 Å². The molecular formula is C14H23NO3S. The van der Waals surface area contributed by atoms with Crippen LogP contribution in [-0.4, -0.2) is 26.7 Å². The Labute approximate surface area is 115 Å². The molecule has 1 aromatic rings. The monoisotopic (exact) mass is 285 g/mol. The number of hydrogen-bond donors (Lipinski definition) is 2. The Kier molecular flexibility index (Phi) is 5.52. The normalized spacial score (nSPS) is 13.5. The van der Waals surface area contributed by atoms with Crippen molar-refractivity contribution in [3.8, 4) is 0 Å². The lowest BCUT2D eigenvalue weighted by Gasteiger charge is -2.15. The smallest absolute Gasteiger partial charge is 0.241 e. The van der Waals surface area contributed by atoms with Gasteiger partial charge in [-0.15, -0.1) is 0 Å². The minimum absolute atomic E-state index is 0.0749. The van der Waals surface area contributed by atoms with Crippen LogP contribution in [0, 0.1) is 26.7 Å². The second kappa shape index (κ2) is 6.50. The van der Waals surface area contributed by atoms with Crippen molar-refractivity contribution in [3.63, 3.8) is 0 Å². The molecule has 19 heavy (non-hydrogen) atoms. The fourth-order valence-corrected chi connectivity index (χ4v) is 3.85. The van der Waals surface area contributed by atoms with Crippen LogP contribution in [0.15, 0.2) is 17.0 Å². The zero-order valence-electron chi connectivity index (χ0n) is 12.0. The van der Waals surface area contributed by atoms with Crippen LogP contribution in [0.5, 0.6) is 0 Å². The Hall–Kier alpha value is -0.910. The van der Waals surface area contributed by atoms with Gasteiger partial charge in [-0.05, 0) is 44.2 Å². The average Bonchev–Trinajstić information content (AvgIpc) is 2.25. The zero-order valence-corrected chi connectivity index (χ0v) is 12.8. The predicted molar refractivity (Wildman–Crippen MR) is 76.7 cm³/mol. The highest BCUT2D eigenvalue weighted by Gasteiger charge is 2.20. The Morgan fingerprint density at radius 2 is 1.74 bits per heavy atom. The van der Waals surface area contributed by atoms with E-state index in [0.717, 1.165) is 16.7 Å². The minimum Gasteiger partial charge on any atom is -0.396 e. The quantitative estimate of drug-likeness (QED) is 0.839. The van der Waals surface area contributed by atoms with Crippen molar-refractivity contribution in [3.05, 3.63) is 28.8 Å². The van der Waals surface area contributed by atoms with Crippen molar-refractivity contribution in [2.75, 3.05) is 13.2 Å². The van der Waals surface area contributed by atoms with Crippen LogP contribution in [0.1, 0.15) is 30.0 Å². The molecule has 108 valence electrons. The fourth-order valence-electron chi connectivity index (χ4n) is 2.24. The third-order valence-electron chi connectivity index (χ3n) is 3.12. The number of aliphatic hydroxyl groups is 1. The summed E-state index contributed by atoms with van der Waals surface area (Å²) in [5.41, 5.74) is 2.59. The highest BCUT2D eigenvalue weighted by molar-refractivity contribution is 7.89. The standard InChI is InChI=1S/C14H23NO3S/c1-10(5-6-16)9-15-19(17,18)14-12(3)7-11(2)8-13(14)4/h7-8,10,15-16H,5-6,9H2,1-4H3. The summed E-state index contributed by atoms with van der Waals surface area (Å²) in [5, 5.41) is 8.82. The summed E-state index contributed by atoms with van der Waals surface area (Å²) in [5.74, 6) is 0.117. The maximum atomic E-state index is 12.3. The molecule has 0 heterocycles. The van der Waals surface area contributed by atoms with Crippen molar-refractivity contribution in [1.29, 1.82) is 0 Å². The number of rotatable bonds is 6. The van der Waals surface area contributed by atoms with Crippen LogP contribution in [0.4, 0.5) is 0 Å². The van der Waals surface area contributed by atoms with Gasteiger partial charge >= 0.3 is 0 Å². The molecule has 1 aromatic carbocycles. The lowest BCUT2D eigenvalue weighted by atomic mass is 10.1. The van der Waals surface area contributed by atoms with Crippen LogP contribution in [-0.2, 0) is 10.0 Å². The Bertz CT molecular complexity index is 515. The molecule has 0 radical (unpaired) electrons. The number of aliphatic hydroxyl groups excluding tert-OH is 1. The SMILES string of the molecule is Cc1cc(C)c(S(=O)(=O)NCC(C)CCO)c(C)c1. The molecule has 0 aliphatic heterocycles. The molecule has 4 nitrogen and oxygen atoms in total. The molecule has 0 aliphatic rings. The van der Waals surface area contributed by atoms with Crippen molar-refractivity contribution < 1.29 is 13.5 Å². The minimum atomic E-state index is -3.48. The van der Waals surface area contributed by atoms with Gasteiger partial charge in [-0.3, -0.25) is 0 Å². The first-order valence-electron chi connectivity index (χ1n) is 6.46. The van der Waals surface area contributed by atoms with Crippen molar-refractivity contribution in [2.24, 2.45) is 5.92 Å². The highest BCUT2D eigenvalue weighted by Crippen LogP contribution is 2.21.